The molecule has 0 saturated carbocycles. The van der Waals surface area contributed by atoms with Crippen molar-refractivity contribution >= 4 is 11.6 Å². The first-order valence-electron chi connectivity index (χ1n) is 6.86. The van der Waals surface area contributed by atoms with Crippen LogP contribution in [0.1, 0.15) is 33.5 Å². The number of anilines is 1. The fourth-order valence-electron chi connectivity index (χ4n) is 2.68. The maximum atomic E-state index is 12.2. The third-order valence-corrected chi connectivity index (χ3v) is 3.75. The summed E-state index contributed by atoms with van der Waals surface area (Å²) in [5, 5.41) is 12.7. The van der Waals surface area contributed by atoms with Crippen molar-refractivity contribution in [1.82, 2.24) is 0 Å². The fourth-order valence-corrected chi connectivity index (χ4v) is 2.68. The third-order valence-electron chi connectivity index (χ3n) is 3.75. The number of hydrogen-bond donors (Lipinski definition) is 2. The molecule has 0 atom stereocenters. The summed E-state index contributed by atoms with van der Waals surface area (Å²) >= 11 is 0. The van der Waals surface area contributed by atoms with Crippen molar-refractivity contribution in [3.63, 3.8) is 0 Å². The lowest BCUT2D eigenvalue weighted by Gasteiger charge is -2.09. The van der Waals surface area contributed by atoms with Crippen LogP contribution in [0.2, 0.25) is 0 Å². The number of aryl methyl sites for hydroxylation is 3. The molecule has 0 heterocycles. The summed E-state index contributed by atoms with van der Waals surface area (Å²) in [6.45, 7) is 1.88. The average Bonchev–Trinajstić information content (AvgIpc) is 2.85. The van der Waals surface area contributed by atoms with Gasteiger partial charge >= 0.3 is 0 Å². The van der Waals surface area contributed by atoms with Gasteiger partial charge in [0.15, 0.2) is 0 Å². The Labute approximate surface area is 118 Å². The maximum Gasteiger partial charge on any atom is 0.259 e. The van der Waals surface area contributed by atoms with E-state index in [9.17, 15) is 9.90 Å². The number of fused-ring (bicyclic) bond motifs is 1. The highest BCUT2D eigenvalue weighted by atomic mass is 16.3. The van der Waals surface area contributed by atoms with Gasteiger partial charge in [0.2, 0.25) is 0 Å². The first-order valence-corrected chi connectivity index (χ1v) is 6.86. The lowest BCUT2D eigenvalue weighted by Crippen LogP contribution is -2.12. The highest BCUT2D eigenvalue weighted by Gasteiger charge is 2.14. The molecule has 1 aliphatic rings. The van der Waals surface area contributed by atoms with Crippen molar-refractivity contribution in [2.45, 2.75) is 26.2 Å². The maximum absolute atomic E-state index is 12.2. The Bertz CT molecular complexity index is 677. The molecule has 0 aromatic heterocycles. The molecule has 3 heteroatoms. The minimum Gasteiger partial charge on any atom is -0.507 e. The Kier molecular flexibility index (Phi) is 3.18. The number of aromatic hydroxyl groups is 1. The number of carbonyl (C=O) groups is 1. The summed E-state index contributed by atoms with van der Waals surface area (Å²) in [6.07, 6.45) is 3.39. The number of nitrogens with one attached hydrogen (secondary N) is 1. The van der Waals surface area contributed by atoms with Crippen molar-refractivity contribution in [2.24, 2.45) is 0 Å². The average molecular weight is 267 g/mol. The van der Waals surface area contributed by atoms with E-state index in [0.717, 1.165) is 24.1 Å². The topological polar surface area (TPSA) is 49.3 Å². The zero-order valence-electron chi connectivity index (χ0n) is 11.4. The van der Waals surface area contributed by atoms with E-state index in [1.54, 1.807) is 12.1 Å². The van der Waals surface area contributed by atoms with Crippen LogP contribution < -0.4 is 5.32 Å². The van der Waals surface area contributed by atoms with Crippen LogP contribution in [0.5, 0.6) is 5.75 Å². The van der Waals surface area contributed by atoms with Crippen LogP contribution in [0, 0.1) is 6.92 Å². The Hall–Kier alpha value is -2.29. The van der Waals surface area contributed by atoms with Crippen LogP contribution in [0.3, 0.4) is 0 Å². The zero-order chi connectivity index (χ0) is 14.1. The summed E-state index contributed by atoms with van der Waals surface area (Å²) in [5.74, 6) is -0.260. The van der Waals surface area contributed by atoms with E-state index < -0.39 is 0 Å². The number of hydrogen-bond acceptors (Lipinski definition) is 2. The van der Waals surface area contributed by atoms with Gasteiger partial charge in [0, 0.05) is 5.69 Å². The standard InChI is InChI=1S/C17H17NO2/c1-11-5-8-15(16(19)9-11)17(20)18-14-7-6-12-3-2-4-13(12)10-14/h5-10,19H,2-4H2,1H3,(H,18,20). The van der Waals surface area contributed by atoms with Gasteiger partial charge in [-0.3, -0.25) is 4.79 Å². The van der Waals surface area contributed by atoms with Crippen LogP contribution in [-0.2, 0) is 12.8 Å². The summed E-state index contributed by atoms with van der Waals surface area (Å²) < 4.78 is 0. The molecule has 1 amide bonds. The van der Waals surface area contributed by atoms with Crippen molar-refractivity contribution in [1.29, 1.82) is 0 Å². The molecule has 3 nitrogen and oxygen atoms in total. The predicted octanol–water partition coefficient (Wildman–Crippen LogP) is 3.44. The minimum absolute atomic E-state index is 0.0173. The van der Waals surface area contributed by atoms with Crippen molar-refractivity contribution in [3.8, 4) is 5.75 Å². The number of carbonyl (C=O) groups excluding carboxylic acids is 1. The summed E-state index contributed by atoms with van der Waals surface area (Å²) in [5.41, 5.74) is 4.71. The molecule has 1 aliphatic carbocycles. The Morgan fingerprint density at radius 1 is 1.10 bits per heavy atom. The van der Waals surface area contributed by atoms with Crippen molar-refractivity contribution in [3.05, 3.63) is 58.7 Å². The molecule has 0 radical (unpaired) electrons. The summed E-state index contributed by atoms with van der Waals surface area (Å²) in [6, 6.07) is 11.1. The van der Waals surface area contributed by atoms with E-state index in [2.05, 4.69) is 11.4 Å². The van der Waals surface area contributed by atoms with Crippen LogP contribution in [0.15, 0.2) is 36.4 Å². The summed E-state index contributed by atoms with van der Waals surface area (Å²) in [4.78, 5) is 12.2. The molecule has 20 heavy (non-hydrogen) atoms. The Balaban J connectivity index is 1.82. The normalized spacial score (nSPS) is 13.1. The monoisotopic (exact) mass is 267 g/mol. The predicted molar refractivity (Wildman–Crippen MR) is 79.3 cm³/mol. The largest absolute Gasteiger partial charge is 0.507 e. The fraction of sp³-hybridized carbons (Fsp3) is 0.235. The SMILES string of the molecule is Cc1ccc(C(=O)Nc2ccc3c(c2)CCC3)c(O)c1. The van der Waals surface area contributed by atoms with E-state index in [0.29, 0.717) is 5.56 Å². The molecule has 2 aromatic rings. The minimum atomic E-state index is -0.277. The van der Waals surface area contributed by atoms with E-state index in [4.69, 9.17) is 0 Å². The van der Waals surface area contributed by atoms with Crippen LogP contribution in [-0.4, -0.2) is 11.0 Å². The molecule has 2 N–H and O–H groups in total. The van der Waals surface area contributed by atoms with Crippen molar-refractivity contribution in [2.75, 3.05) is 5.32 Å². The Morgan fingerprint density at radius 3 is 2.70 bits per heavy atom. The molecule has 2 aromatic carbocycles. The first-order chi connectivity index (χ1) is 9.63. The lowest BCUT2D eigenvalue weighted by atomic mass is 10.1. The van der Waals surface area contributed by atoms with Gasteiger partial charge in [-0.25, -0.2) is 0 Å². The summed E-state index contributed by atoms with van der Waals surface area (Å²) in [7, 11) is 0. The highest BCUT2D eigenvalue weighted by molar-refractivity contribution is 6.06. The quantitative estimate of drug-likeness (QED) is 0.875. The molecule has 0 fully saturated rings. The molecule has 0 unspecified atom stereocenters. The molecule has 0 bridgehead atoms. The first kappa shape index (κ1) is 12.7. The van der Waals surface area contributed by atoms with Crippen LogP contribution >= 0.6 is 0 Å². The van der Waals surface area contributed by atoms with Gasteiger partial charge in [0.25, 0.3) is 5.91 Å². The molecular weight excluding hydrogens is 250 g/mol. The molecule has 0 saturated heterocycles. The number of phenolic OH excluding ortho intramolecular Hbond substituents is 1. The number of amides is 1. The second kappa shape index (κ2) is 5.00. The number of benzene rings is 2. The van der Waals surface area contributed by atoms with Crippen LogP contribution in [0.25, 0.3) is 0 Å². The molecule has 102 valence electrons. The van der Waals surface area contributed by atoms with Gasteiger partial charge in [-0.1, -0.05) is 12.1 Å². The zero-order valence-corrected chi connectivity index (χ0v) is 11.4. The molecular formula is C17H17NO2. The van der Waals surface area contributed by atoms with Crippen LogP contribution in [0.4, 0.5) is 5.69 Å². The third kappa shape index (κ3) is 2.39. The van der Waals surface area contributed by atoms with Crippen molar-refractivity contribution < 1.29 is 9.90 Å². The van der Waals surface area contributed by atoms with Gasteiger partial charge in [0.1, 0.15) is 5.75 Å². The van der Waals surface area contributed by atoms with Gasteiger partial charge in [-0.2, -0.15) is 0 Å². The lowest BCUT2D eigenvalue weighted by molar-refractivity contribution is 0.102. The second-order valence-corrected chi connectivity index (χ2v) is 5.31. The molecule has 0 aliphatic heterocycles. The van der Waals surface area contributed by atoms with E-state index in [1.165, 1.54) is 17.5 Å². The smallest absolute Gasteiger partial charge is 0.259 e. The van der Waals surface area contributed by atoms with E-state index >= 15 is 0 Å². The number of rotatable bonds is 2. The highest BCUT2D eigenvalue weighted by Crippen LogP contribution is 2.26. The van der Waals surface area contributed by atoms with Gasteiger partial charge < -0.3 is 10.4 Å². The Morgan fingerprint density at radius 2 is 1.90 bits per heavy atom. The van der Waals surface area contributed by atoms with E-state index in [1.807, 2.05) is 25.1 Å². The van der Waals surface area contributed by atoms with E-state index in [-0.39, 0.29) is 11.7 Å². The second-order valence-electron chi connectivity index (χ2n) is 5.31. The van der Waals surface area contributed by atoms with Gasteiger partial charge in [-0.05, 0) is 67.1 Å². The van der Waals surface area contributed by atoms with Gasteiger partial charge in [-0.15, -0.1) is 0 Å². The number of phenols is 1. The molecule has 3 rings (SSSR count). The van der Waals surface area contributed by atoms with Gasteiger partial charge in [0.05, 0.1) is 5.56 Å². The molecule has 0 spiro atoms.